The SMILES string of the molecule is CC(C)(C)c1ccc(Oc2cccc(C(=O)NCCN(O)C(N)=O)c2)cc1. The molecule has 0 heterocycles. The Morgan fingerprint density at radius 3 is 2.37 bits per heavy atom. The second kappa shape index (κ2) is 8.55. The summed E-state index contributed by atoms with van der Waals surface area (Å²) in [7, 11) is 0. The number of rotatable bonds is 6. The van der Waals surface area contributed by atoms with Crippen LogP contribution in [0.15, 0.2) is 48.5 Å². The van der Waals surface area contributed by atoms with Crippen LogP contribution in [0.5, 0.6) is 11.5 Å². The number of nitrogens with one attached hydrogen (secondary N) is 1. The lowest BCUT2D eigenvalue weighted by atomic mass is 9.87. The molecule has 0 radical (unpaired) electrons. The summed E-state index contributed by atoms with van der Waals surface area (Å²) in [5, 5.41) is 12.1. The molecule has 2 aromatic rings. The Bertz CT molecular complexity index is 798. The van der Waals surface area contributed by atoms with Gasteiger partial charge in [-0.2, -0.15) is 0 Å². The topological polar surface area (TPSA) is 105 Å². The number of nitrogens with two attached hydrogens (primary N) is 1. The van der Waals surface area contributed by atoms with E-state index in [-0.39, 0.29) is 24.4 Å². The van der Waals surface area contributed by atoms with Gasteiger partial charge in [0.05, 0.1) is 6.54 Å². The van der Waals surface area contributed by atoms with Crippen LogP contribution in [-0.4, -0.2) is 35.3 Å². The lowest BCUT2D eigenvalue weighted by Gasteiger charge is -2.19. The molecule has 3 amide bonds. The monoisotopic (exact) mass is 371 g/mol. The number of ether oxygens (including phenoxy) is 1. The van der Waals surface area contributed by atoms with E-state index in [1.54, 1.807) is 24.3 Å². The van der Waals surface area contributed by atoms with Crippen molar-refractivity contribution in [3.05, 3.63) is 59.7 Å². The number of carbonyl (C=O) groups excluding carboxylic acids is 2. The second-order valence-corrected chi connectivity index (χ2v) is 7.12. The van der Waals surface area contributed by atoms with Gasteiger partial charge in [-0.25, -0.2) is 9.86 Å². The minimum atomic E-state index is -0.975. The maximum Gasteiger partial charge on any atom is 0.338 e. The number of hydrogen-bond donors (Lipinski definition) is 3. The van der Waals surface area contributed by atoms with Gasteiger partial charge in [-0.1, -0.05) is 39.0 Å². The zero-order valence-electron chi connectivity index (χ0n) is 15.7. The van der Waals surface area contributed by atoms with Crippen molar-refractivity contribution in [2.24, 2.45) is 5.73 Å². The summed E-state index contributed by atoms with van der Waals surface area (Å²) in [6.45, 7) is 6.40. The lowest BCUT2D eigenvalue weighted by molar-refractivity contribution is -0.0376. The van der Waals surface area contributed by atoms with Crippen molar-refractivity contribution in [3.8, 4) is 11.5 Å². The first-order chi connectivity index (χ1) is 12.7. The van der Waals surface area contributed by atoms with Crippen molar-refractivity contribution in [2.45, 2.75) is 26.2 Å². The standard InChI is InChI=1S/C20H25N3O4/c1-20(2,3)15-7-9-16(10-8-15)27-17-6-4-5-14(13-17)18(24)22-11-12-23(26)19(21)25/h4-10,13,26H,11-12H2,1-3H3,(H2,21,25)(H,22,24). The van der Waals surface area contributed by atoms with Crippen molar-refractivity contribution in [3.63, 3.8) is 0 Å². The van der Waals surface area contributed by atoms with Crippen molar-refractivity contribution in [2.75, 3.05) is 13.1 Å². The zero-order chi connectivity index (χ0) is 20.0. The highest BCUT2D eigenvalue weighted by Crippen LogP contribution is 2.27. The van der Waals surface area contributed by atoms with Crippen LogP contribution in [0.4, 0.5) is 4.79 Å². The zero-order valence-corrected chi connectivity index (χ0v) is 15.7. The number of nitrogens with zero attached hydrogens (tertiary/aromatic N) is 1. The van der Waals surface area contributed by atoms with Crippen molar-refractivity contribution >= 4 is 11.9 Å². The number of hydroxylamine groups is 2. The molecule has 144 valence electrons. The summed E-state index contributed by atoms with van der Waals surface area (Å²) in [5.41, 5.74) is 6.57. The molecule has 27 heavy (non-hydrogen) atoms. The average Bonchev–Trinajstić information content (AvgIpc) is 2.61. The fraction of sp³-hybridized carbons (Fsp3) is 0.300. The average molecular weight is 371 g/mol. The Kier molecular flexibility index (Phi) is 6.41. The maximum absolute atomic E-state index is 12.2. The van der Waals surface area contributed by atoms with Crippen LogP contribution in [0.1, 0.15) is 36.7 Å². The van der Waals surface area contributed by atoms with Crippen molar-refractivity contribution in [1.82, 2.24) is 10.4 Å². The van der Waals surface area contributed by atoms with E-state index < -0.39 is 6.03 Å². The highest BCUT2D eigenvalue weighted by Gasteiger charge is 2.13. The molecule has 7 nitrogen and oxygen atoms in total. The first-order valence-corrected chi connectivity index (χ1v) is 8.59. The summed E-state index contributed by atoms with van der Waals surface area (Å²) in [5.74, 6) is 0.867. The molecule has 7 heteroatoms. The number of carbonyl (C=O) groups is 2. The second-order valence-electron chi connectivity index (χ2n) is 7.12. The molecule has 2 rings (SSSR count). The number of benzene rings is 2. The van der Waals surface area contributed by atoms with E-state index >= 15 is 0 Å². The molecule has 0 unspecified atom stereocenters. The Morgan fingerprint density at radius 2 is 1.78 bits per heavy atom. The first kappa shape index (κ1) is 20.3. The summed E-state index contributed by atoms with van der Waals surface area (Å²) >= 11 is 0. The van der Waals surface area contributed by atoms with E-state index in [9.17, 15) is 14.8 Å². The molecular weight excluding hydrogens is 346 g/mol. The molecule has 4 N–H and O–H groups in total. The predicted molar refractivity (Wildman–Crippen MR) is 102 cm³/mol. The van der Waals surface area contributed by atoms with E-state index in [0.29, 0.717) is 22.1 Å². The summed E-state index contributed by atoms with van der Waals surface area (Å²) in [4.78, 5) is 22.9. The Hall–Kier alpha value is -3.06. The van der Waals surface area contributed by atoms with Crippen LogP contribution in [0, 0.1) is 0 Å². The van der Waals surface area contributed by atoms with Gasteiger partial charge in [0.15, 0.2) is 0 Å². The minimum Gasteiger partial charge on any atom is -0.457 e. The third-order valence-electron chi connectivity index (χ3n) is 3.92. The largest absolute Gasteiger partial charge is 0.457 e. The lowest BCUT2D eigenvalue weighted by Crippen LogP contribution is -2.39. The molecule has 0 atom stereocenters. The van der Waals surface area contributed by atoms with Gasteiger partial charge >= 0.3 is 6.03 Å². The number of amides is 3. The molecular formula is C20H25N3O4. The Balaban J connectivity index is 1.98. The fourth-order valence-corrected chi connectivity index (χ4v) is 2.35. The van der Waals surface area contributed by atoms with Gasteiger partial charge in [0.2, 0.25) is 0 Å². The summed E-state index contributed by atoms with van der Waals surface area (Å²) in [6, 6.07) is 13.6. The van der Waals surface area contributed by atoms with Gasteiger partial charge in [-0.15, -0.1) is 0 Å². The third-order valence-corrected chi connectivity index (χ3v) is 3.92. The number of hydrogen-bond acceptors (Lipinski definition) is 4. The smallest absolute Gasteiger partial charge is 0.338 e. The van der Waals surface area contributed by atoms with E-state index in [1.165, 1.54) is 5.56 Å². The van der Waals surface area contributed by atoms with Crippen LogP contribution in [0.3, 0.4) is 0 Å². The molecule has 0 bridgehead atoms. The molecule has 0 aliphatic rings. The molecule has 2 aromatic carbocycles. The van der Waals surface area contributed by atoms with Crippen LogP contribution < -0.4 is 15.8 Å². The summed E-state index contributed by atoms with van der Waals surface area (Å²) < 4.78 is 5.82. The quantitative estimate of drug-likeness (QED) is 0.535. The van der Waals surface area contributed by atoms with Crippen LogP contribution in [0.25, 0.3) is 0 Å². The minimum absolute atomic E-state index is 0.0647. The van der Waals surface area contributed by atoms with E-state index in [2.05, 4.69) is 26.1 Å². The third kappa shape index (κ3) is 6.00. The molecule has 0 aromatic heterocycles. The summed E-state index contributed by atoms with van der Waals surface area (Å²) in [6.07, 6.45) is 0. The van der Waals surface area contributed by atoms with Gasteiger partial charge in [-0.3, -0.25) is 10.0 Å². The van der Waals surface area contributed by atoms with Crippen LogP contribution in [0.2, 0.25) is 0 Å². The van der Waals surface area contributed by atoms with Gasteiger partial charge in [0, 0.05) is 12.1 Å². The fourth-order valence-electron chi connectivity index (χ4n) is 2.35. The highest BCUT2D eigenvalue weighted by molar-refractivity contribution is 5.94. The highest BCUT2D eigenvalue weighted by atomic mass is 16.5. The van der Waals surface area contributed by atoms with Crippen molar-refractivity contribution in [1.29, 1.82) is 0 Å². The van der Waals surface area contributed by atoms with Gasteiger partial charge in [0.25, 0.3) is 5.91 Å². The molecule has 0 spiro atoms. The van der Waals surface area contributed by atoms with Gasteiger partial charge in [-0.05, 0) is 41.3 Å². The van der Waals surface area contributed by atoms with Crippen molar-refractivity contribution < 1.29 is 19.5 Å². The van der Waals surface area contributed by atoms with E-state index in [4.69, 9.17) is 10.5 Å². The normalized spacial score (nSPS) is 11.0. The van der Waals surface area contributed by atoms with E-state index in [1.807, 2.05) is 24.3 Å². The van der Waals surface area contributed by atoms with Gasteiger partial charge in [0.1, 0.15) is 11.5 Å². The van der Waals surface area contributed by atoms with Crippen LogP contribution >= 0.6 is 0 Å². The Morgan fingerprint density at radius 1 is 1.11 bits per heavy atom. The van der Waals surface area contributed by atoms with Gasteiger partial charge < -0.3 is 15.8 Å². The predicted octanol–water partition coefficient (Wildman–Crippen LogP) is 3.28. The number of primary amides is 1. The number of urea groups is 1. The molecule has 0 saturated heterocycles. The van der Waals surface area contributed by atoms with E-state index in [0.717, 1.165) is 0 Å². The molecule has 0 fully saturated rings. The molecule has 0 aliphatic heterocycles. The molecule has 0 saturated carbocycles. The Labute approximate surface area is 158 Å². The first-order valence-electron chi connectivity index (χ1n) is 8.59. The van der Waals surface area contributed by atoms with Crippen LogP contribution in [-0.2, 0) is 5.41 Å². The molecule has 0 aliphatic carbocycles. The maximum atomic E-state index is 12.2.